The van der Waals surface area contributed by atoms with Crippen LogP contribution in [0.4, 0.5) is 11.4 Å². The Bertz CT molecular complexity index is 1770. The number of hydrogen-bond donors (Lipinski definition) is 0. The number of nitrogens with zero attached hydrogens (tertiary/aromatic N) is 2. The molecule has 0 aliphatic carbocycles. The summed E-state index contributed by atoms with van der Waals surface area (Å²) in [7, 11) is 0. The first-order valence-electron chi connectivity index (χ1n) is 16.0. The van der Waals surface area contributed by atoms with Crippen molar-refractivity contribution in [1.82, 2.24) is 0 Å². The monoisotopic (exact) mass is 734 g/mol. The number of halogens is 2. The first-order chi connectivity index (χ1) is 22.6. The molecule has 5 aromatic carbocycles. The van der Waals surface area contributed by atoms with Gasteiger partial charge in [-0.1, -0.05) is 88.7 Å². The molecular weight excluding hydrogens is 700 g/mol. The van der Waals surface area contributed by atoms with Crippen LogP contribution in [0.25, 0.3) is 0 Å². The summed E-state index contributed by atoms with van der Waals surface area (Å²) in [5.74, 6) is 2.07. The second-order valence-corrected chi connectivity index (χ2v) is 13.7. The van der Waals surface area contributed by atoms with Crippen molar-refractivity contribution in [2.24, 2.45) is 4.99 Å². The fourth-order valence-corrected chi connectivity index (χ4v) is 7.70. The van der Waals surface area contributed by atoms with Gasteiger partial charge in [-0.15, -0.1) is 0 Å². The molecule has 0 fully saturated rings. The number of ether oxygens (including phenoxy) is 2. The lowest BCUT2D eigenvalue weighted by Crippen LogP contribution is -2.37. The van der Waals surface area contributed by atoms with E-state index in [0.29, 0.717) is 36.5 Å². The Morgan fingerprint density at radius 1 is 0.761 bits per heavy atom. The van der Waals surface area contributed by atoms with Gasteiger partial charge in [-0.2, -0.15) is 0 Å². The molecule has 0 spiro atoms. The number of anilines is 1. The number of hydrogen-bond acceptors (Lipinski definition) is 4. The fraction of sp³-hybridized carbons (Fsp3) is 0.225. The van der Waals surface area contributed by atoms with Crippen molar-refractivity contribution < 1.29 is 9.47 Å². The molecule has 0 radical (unpaired) electrons. The third-order valence-electron chi connectivity index (χ3n) is 8.99. The fourth-order valence-electron chi connectivity index (χ4n) is 6.86. The summed E-state index contributed by atoms with van der Waals surface area (Å²) in [6.07, 6.45) is 4.15. The van der Waals surface area contributed by atoms with Crippen LogP contribution in [-0.4, -0.2) is 25.9 Å². The maximum Gasteiger partial charge on any atom is 0.175 e. The van der Waals surface area contributed by atoms with Crippen molar-refractivity contribution >= 4 is 49.4 Å². The van der Waals surface area contributed by atoms with E-state index in [4.69, 9.17) is 14.5 Å². The van der Waals surface area contributed by atoms with E-state index in [0.717, 1.165) is 51.7 Å². The van der Waals surface area contributed by atoms with Crippen LogP contribution in [0.2, 0.25) is 0 Å². The lowest BCUT2D eigenvalue weighted by atomic mass is 9.76. The van der Waals surface area contributed by atoms with E-state index in [1.807, 2.05) is 37.4 Å². The van der Waals surface area contributed by atoms with Gasteiger partial charge in [0.15, 0.2) is 11.5 Å². The third-order valence-corrected chi connectivity index (χ3v) is 10.1. The molecule has 0 amide bonds. The zero-order chi connectivity index (χ0) is 31.5. The van der Waals surface area contributed by atoms with E-state index >= 15 is 0 Å². The Morgan fingerprint density at radius 2 is 1.37 bits per heavy atom. The minimum Gasteiger partial charge on any atom is -0.490 e. The molecular formula is C40H36Br2N2O2. The van der Waals surface area contributed by atoms with E-state index in [2.05, 4.69) is 122 Å². The van der Waals surface area contributed by atoms with Crippen LogP contribution in [0.15, 0.2) is 123 Å². The first kappa shape index (κ1) is 30.8. The van der Waals surface area contributed by atoms with Gasteiger partial charge in [-0.3, -0.25) is 4.99 Å². The highest BCUT2D eigenvalue weighted by molar-refractivity contribution is 9.10. The first-order valence-corrected chi connectivity index (χ1v) is 17.6. The molecule has 0 saturated heterocycles. The van der Waals surface area contributed by atoms with Crippen molar-refractivity contribution in [3.63, 3.8) is 0 Å². The highest BCUT2D eigenvalue weighted by Gasteiger charge is 2.35. The molecule has 0 N–H and O–H groups in total. The molecule has 4 nitrogen and oxygen atoms in total. The molecule has 232 valence electrons. The Labute approximate surface area is 288 Å². The minimum absolute atomic E-state index is 0.344. The second-order valence-electron chi connectivity index (χ2n) is 11.9. The molecule has 2 atom stereocenters. The van der Waals surface area contributed by atoms with Gasteiger partial charge in [-0.25, -0.2) is 0 Å². The SMILES string of the molecule is CCOc1cc(C=Nc2cc3c4c(c2)[C@H](c2ccccc2)CCN4CC[C@@H]3c2ccccc2)cc(Br)c1OCc1ccc(Br)cc1. The average molecular weight is 737 g/mol. The van der Waals surface area contributed by atoms with Gasteiger partial charge in [-0.05, 0) is 105 Å². The van der Waals surface area contributed by atoms with Gasteiger partial charge in [0.1, 0.15) is 6.61 Å². The van der Waals surface area contributed by atoms with E-state index in [9.17, 15) is 0 Å². The van der Waals surface area contributed by atoms with E-state index < -0.39 is 0 Å². The summed E-state index contributed by atoms with van der Waals surface area (Å²) >= 11 is 7.25. The van der Waals surface area contributed by atoms with Crippen LogP contribution in [0, 0.1) is 0 Å². The Hall–Kier alpha value is -3.87. The number of rotatable bonds is 9. The summed E-state index contributed by atoms with van der Waals surface area (Å²) in [4.78, 5) is 7.71. The largest absolute Gasteiger partial charge is 0.490 e. The van der Waals surface area contributed by atoms with Gasteiger partial charge < -0.3 is 14.4 Å². The zero-order valence-electron chi connectivity index (χ0n) is 25.8. The Morgan fingerprint density at radius 3 is 1.96 bits per heavy atom. The minimum atomic E-state index is 0.344. The topological polar surface area (TPSA) is 34.1 Å². The van der Waals surface area contributed by atoms with Crippen LogP contribution < -0.4 is 14.4 Å². The molecule has 2 heterocycles. The maximum atomic E-state index is 6.24. The lowest BCUT2D eigenvalue weighted by molar-refractivity contribution is 0.267. The quantitative estimate of drug-likeness (QED) is 0.141. The summed E-state index contributed by atoms with van der Waals surface area (Å²) in [5, 5.41) is 0. The highest BCUT2D eigenvalue weighted by atomic mass is 79.9. The van der Waals surface area contributed by atoms with Gasteiger partial charge in [0.25, 0.3) is 0 Å². The van der Waals surface area contributed by atoms with Crippen LogP contribution in [-0.2, 0) is 6.61 Å². The molecule has 0 aromatic heterocycles. The van der Waals surface area contributed by atoms with E-state index in [1.54, 1.807) is 0 Å². The highest BCUT2D eigenvalue weighted by Crippen LogP contribution is 2.50. The predicted molar refractivity (Wildman–Crippen MR) is 195 cm³/mol. The molecule has 0 unspecified atom stereocenters. The number of aliphatic imine (C=N–C) groups is 1. The van der Waals surface area contributed by atoms with E-state index in [1.165, 1.54) is 27.9 Å². The second kappa shape index (κ2) is 13.9. The van der Waals surface area contributed by atoms with Crippen molar-refractivity contribution in [2.45, 2.75) is 38.2 Å². The molecule has 7 rings (SSSR count). The smallest absolute Gasteiger partial charge is 0.175 e. The predicted octanol–water partition coefficient (Wildman–Crippen LogP) is 10.8. The average Bonchev–Trinajstić information content (AvgIpc) is 3.09. The molecule has 2 aliphatic heterocycles. The third kappa shape index (κ3) is 6.51. The van der Waals surface area contributed by atoms with Gasteiger partial charge in [0, 0.05) is 41.3 Å². The molecule has 0 saturated carbocycles. The molecule has 0 bridgehead atoms. The van der Waals surface area contributed by atoms with Crippen molar-refractivity contribution in [3.05, 3.63) is 152 Å². The normalized spacial score (nSPS) is 17.2. The lowest BCUT2D eigenvalue weighted by Gasteiger charge is -2.43. The number of benzene rings is 5. The Kier molecular flexibility index (Phi) is 9.27. The maximum absolute atomic E-state index is 6.24. The van der Waals surface area contributed by atoms with E-state index in [-0.39, 0.29) is 0 Å². The summed E-state index contributed by atoms with van der Waals surface area (Å²) in [6.45, 7) is 5.12. The summed E-state index contributed by atoms with van der Waals surface area (Å²) < 4.78 is 14.2. The van der Waals surface area contributed by atoms with Crippen molar-refractivity contribution in [1.29, 1.82) is 0 Å². The molecule has 5 aromatic rings. The van der Waals surface area contributed by atoms with Gasteiger partial charge >= 0.3 is 0 Å². The van der Waals surface area contributed by atoms with Crippen molar-refractivity contribution in [2.75, 3.05) is 24.6 Å². The van der Waals surface area contributed by atoms with Crippen LogP contribution >= 0.6 is 31.9 Å². The zero-order valence-corrected chi connectivity index (χ0v) is 29.0. The summed E-state index contributed by atoms with van der Waals surface area (Å²) in [5.41, 5.74) is 9.93. The summed E-state index contributed by atoms with van der Waals surface area (Å²) in [6, 6.07) is 38.8. The molecule has 6 heteroatoms. The molecule has 2 aliphatic rings. The van der Waals surface area contributed by atoms with Crippen molar-refractivity contribution in [3.8, 4) is 11.5 Å². The van der Waals surface area contributed by atoms with Gasteiger partial charge in [0.2, 0.25) is 0 Å². The Balaban J connectivity index is 1.25. The molecule has 46 heavy (non-hydrogen) atoms. The standard InChI is InChI=1S/C40H36Br2N2O2/c1-2-45-38-22-28(21-37(42)40(38)46-26-27-13-15-31(41)16-14-27)25-43-32-23-35-33(29-9-5-3-6-10-29)17-19-44-20-18-34(36(24-32)39(35)44)30-11-7-4-8-12-30/h3-16,21-25,33-34H,2,17-20,26H2,1H3/t33-,34+. The van der Waals surface area contributed by atoms with Crippen LogP contribution in [0.1, 0.15) is 65.0 Å². The van der Waals surface area contributed by atoms with Crippen LogP contribution in [0.5, 0.6) is 11.5 Å². The van der Waals surface area contributed by atoms with Gasteiger partial charge in [0.05, 0.1) is 16.8 Å². The van der Waals surface area contributed by atoms with Crippen LogP contribution in [0.3, 0.4) is 0 Å².